The second kappa shape index (κ2) is 8.80. The van der Waals surface area contributed by atoms with Crippen molar-refractivity contribution in [3.8, 4) is 16.9 Å². The maximum atomic E-state index is 5.39. The average Bonchev–Trinajstić information content (AvgIpc) is 3.64. The molecule has 6 nitrogen and oxygen atoms in total. The van der Waals surface area contributed by atoms with Crippen LogP contribution < -0.4 is 4.74 Å². The van der Waals surface area contributed by atoms with Gasteiger partial charge < -0.3 is 9.72 Å². The second-order valence-corrected chi connectivity index (χ2v) is 9.01. The van der Waals surface area contributed by atoms with E-state index in [4.69, 9.17) is 9.72 Å². The number of rotatable bonds is 6. The third-order valence-electron chi connectivity index (χ3n) is 6.87. The van der Waals surface area contributed by atoms with Crippen molar-refractivity contribution in [2.45, 2.75) is 18.4 Å². The van der Waals surface area contributed by atoms with Gasteiger partial charge in [-0.2, -0.15) is 5.10 Å². The van der Waals surface area contributed by atoms with E-state index < -0.39 is 0 Å². The van der Waals surface area contributed by atoms with Crippen molar-refractivity contribution < 1.29 is 4.74 Å². The Hall–Kier alpha value is -3.90. The van der Waals surface area contributed by atoms with Crippen LogP contribution in [0.3, 0.4) is 0 Å². The maximum Gasteiger partial charge on any atom is 0.118 e. The molecule has 1 aliphatic heterocycles. The van der Waals surface area contributed by atoms with Crippen molar-refractivity contribution in [2.75, 3.05) is 20.2 Å². The number of imidazole rings is 1. The number of methoxy groups -OCH3 is 1. The van der Waals surface area contributed by atoms with Crippen LogP contribution in [0.1, 0.15) is 28.8 Å². The van der Waals surface area contributed by atoms with Crippen molar-refractivity contribution in [1.82, 2.24) is 25.1 Å². The zero-order valence-electron chi connectivity index (χ0n) is 19.1. The molecular formula is C28H27N5O. The van der Waals surface area contributed by atoms with Crippen LogP contribution in [0.4, 0.5) is 0 Å². The van der Waals surface area contributed by atoms with E-state index in [2.05, 4.69) is 92.9 Å². The van der Waals surface area contributed by atoms with Gasteiger partial charge in [-0.15, -0.1) is 0 Å². The molecule has 3 heterocycles. The summed E-state index contributed by atoms with van der Waals surface area (Å²) in [7, 11) is 1.71. The molecule has 170 valence electrons. The Labute approximate surface area is 198 Å². The van der Waals surface area contributed by atoms with Gasteiger partial charge in [-0.05, 0) is 41.0 Å². The molecule has 2 atom stereocenters. The number of nitrogens with one attached hydrogen (secondary N) is 2. The fraction of sp³-hybridized carbons (Fsp3) is 0.214. The van der Waals surface area contributed by atoms with Crippen LogP contribution in [0.2, 0.25) is 0 Å². The largest absolute Gasteiger partial charge is 0.497 e. The lowest BCUT2D eigenvalue weighted by molar-refractivity contribution is 0.323. The Kier molecular flexibility index (Phi) is 5.35. The van der Waals surface area contributed by atoms with Crippen molar-refractivity contribution in [1.29, 1.82) is 0 Å². The maximum absolute atomic E-state index is 5.39. The average molecular weight is 450 g/mol. The number of hydrogen-bond acceptors (Lipinski definition) is 4. The molecule has 0 saturated carbocycles. The van der Waals surface area contributed by atoms with Crippen LogP contribution in [0.15, 0.2) is 85.2 Å². The third kappa shape index (κ3) is 3.97. The Morgan fingerprint density at radius 1 is 0.941 bits per heavy atom. The van der Waals surface area contributed by atoms with Gasteiger partial charge in [0.05, 0.1) is 24.3 Å². The van der Waals surface area contributed by atoms with E-state index in [1.807, 2.05) is 12.4 Å². The summed E-state index contributed by atoms with van der Waals surface area (Å²) in [6.45, 7) is 2.89. The van der Waals surface area contributed by atoms with E-state index in [0.29, 0.717) is 5.92 Å². The first-order valence-electron chi connectivity index (χ1n) is 11.7. The highest BCUT2D eigenvalue weighted by Crippen LogP contribution is 2.40. The monoisotopic (exact) mass is 449 g/mol. The fourth-order valence-corrected chi connectivity index (χ4v) is 5.12. The molecule has 3 aromatic carbocycles. The third-order valence-corrected chi connectivity index (χ3v) is 6.87. The summed E-state index contributed by atoms with van der Waals surface area (Å²) in [5.74, 6) is 2.57. The van der Waals surface area contributed by atoms with Crippen molar-refractivity contribution >= 4 is 11.0 Å². The molecule has 1 aliphatic rings. The van der Waals surface area contributed by atoms with Gasteiger partial charge in [0.25, 0.3) is 0 Å². The van der Waals surface area contributed by atoms with Gasteiger partial charge in [-0.1, -0.05) is 48.5 Å². The van der Waals surface area contributed by atoms with Crippen LogP contribution in [0, 0.1) is 0 Å². The lowest BCUT2D eigenvalue weighted by Crippen LogP contribution is -2.20. The van der Waals surface area contributed by atoms with E-state index in [-0.39, 0.29) is 5.92 Å². The Morgan fingerprint density at radius 2 is 1.76 bits per heavy atom. The first-order chi connectivity index (χ1) is 16.8. The number of benzene rings is 3. The quantitative estimate of drug-likeness (QED) is 0.367. The molecule has 0 amide bonds. The highest BCUT2D eigenvalue weighted by Gasteiger charge is 2.36. The summed E-state index contributed by atoms with van der Waals surface area (Å²) in [6.07, 6.45) is 3.76. The molecule has 2 unspecified atom stereocenters. The highest BCUT2D eigenvalue weighted by molar-refractivity contribution is 5.81. The van der Waals surface area contributed by atoms with Gasteiger partial charge in [-0.25, -0.2) is 4.98 Å². The molecule has 6 heteroatoms. The number of likely N-dealkylation sites (tertiary alicyclic amines) is 1. The Bertz CT molecular complexity index is 1380. The molecule has 6 rings (SSSR count). The Balaban J connectivity index is 1.34. The number of H-pyrrole nitrogens is 2. The normalized spacial score (nSPS) is 18.5. The smallest absolute Gasteiger partial charge is 0.118 e. The zero-order valence-corrected chi connectivity index (χ0v) is 19.1. The van der Waals surface area contributed by atoms with E-state index >= 15 is 0 Å². The van der Waals surface area contributed by atoms with E-state index in [0.717, 1.165) is 53.4 Å². The van der Waals surface area contributed by atoms with E-state index in [9.17, 15) is 0 Å². The molecule has 0 aliphatic carbocycles. The minimum absolute atomic E-state index is 0.280. The summed E-state index contributed by atoms with van der Waals surface area (Å²) in [5.41, 5.74) is 6.91. The molecule has 2 N–H and O–H groups in total. The molecule has 0 bridgehead atoms. The van der Waals surface area contributed by atoms with E-state index in [1.165, 1.54) is 11.1 Å². The molecule has 2 aromatic heterocycles. The lowest BCUT2D eigenvalue weighted by Gasteiger charge is -2.17. The fourth-order valence-electron chi connectivity index (χ4n) is 5.12. The Morgan fingerprint density at radius 3 is 2.53 bits per heavy atom. The molecule has 1 saturated heterocycles. The van der Waals surface area contributed by atoms with Gasteiger partial charge in [0, 0.05) is 43.2 Å². The number of aromatic nitrogens is 4. The first kappa shape index (κ1) is 20.7. The molecule has 0 radical (unpaired) electrons. The number of hydrogen-bond donors (Lipinski definition) is 2. The molecule has 34 heavy (non-hydrogen) atoms. The van der Waals surface area contributed by atoms with Crippen LogP contribution in [-0.2, 0) is 6.54 Å². The lowest BCUT2D eigenvalue weighted by atomic mass is 9.88. The molecule has 5 aromatic rings. The standard InChI is InChI=1S/C28H27N5O/c1-34-23-10-7-20(8-11-23)24-17-33(16-19-5-3-2-4-6-19)18-25(24)28-31-26-12-9-21(13-27(26)32-28)22-14-29-30-15-22/h2-15,24-25H,16-18H2,1H3,(H,29,30)(H,31,32). The predicted octanol–water partition coefficient (Wildman–Crippen LogP) is 5.34. The highest BCUT2D eigenvalue weighted by atomic mass is 16.5. The molecule has 0 spiro atoms. The summed E-state index contributed by atoms with van der Waals surface area (Å²) in [4.78, 5) is 11.2. The summed E-state index contributed by atoms with van der Waals surface area (Å²) in [5, 5.41) is 6.97. The number of fused-ring (bicyclic) bond motifs is 1. The minimum atomic E-state index is 0.280. The minimum Gasteiger partial charge on any atom is -0.497 e. The number of ether oxygens (including phenoxy) is 1. The van der Waals surface area contributed by atoms with Gasteiger partial charge in [0.2, 0.25) is 0 Å². The van der Waals surface area contributed by atoms with Crippen molar-refractivity contribution in [3.63, 3.8) is 0 Å². The predicted molar refractivity (Wildman–Crippen MR) is 134 cm³/mol. The van der Waals surface area contributed by atoms with Gasteiger partial charge in [0.1, 0.15) is 11.6 Å². The van der Waals surface area contributed by atoms with Crippen LogP contribution in [0.25, 0.3) is 22.2 Å². The number of nitrogens with zero attached hydrogens (tertiary/aromatic N) is 3. The zero-order chi connectivity index (χ0) is 22.9. The first-order valence-corrected chi connectivity index (χ1v) is 11.7. The SMILES string of the molecule is COc1ccc(C2CN(Cc3ccccc3)CC2c2nc3ccc(-c4cn[nH]c4)cc3[nH]2)cc1. The molecular weight excluding hydrogens is 422 g/mol. The van der Waals surface area contributed by atoms with Crippen molar-refractivity contribution in [3.05, 3.63) is 102 Å². The van der Waals surface area contributed by atoms with Gasteiger partial charge in [0.15, 0.2) is 0 Å². The summed E-state index contributed by atoms with van der Waals surface area (Å²) >= 11 is 0. The van der Waals surface area contributed by atoms with Gasteiger partial charge in [-0.3, -0.25) is 10.00 Å². The van der Waals surface area contributed by atoms with Crippen LogP contribution >= 0.6 is 0 Å². The van der Waals surface area contributed by atoms with Crippen molar-refractivity contribution in [2.24, 2.45) is 0 Å². The van der Waals surface area contributed by atoms with E-state index in [1.54, 1.807) is 7.11 Å². The topological polar surface area (TPSA) is 69.8 Å². The van der Waals surface area contributed by atoms with Gasteiger partial charge >= 0.3 is 0 Å². The summed E-state index contributed by atoms with van der Waals surface area (Å²) in [6, 6.07) is 25.6. The molecule has 1 fully saturated rings. The summed E-state index contributed by atoms with van der Waals surface area (Å²) < 4.78 is 5.39. The second-order valence-electron chi connectivity index (χ2n) is 9.01. The van der Waals surface area contributed by atoms with Crippen LogP contribution in [0.5, 0.6) is 5.75 Å². The number of aromatic amines is 2. The van der Waals surface area contributed by atoms with Crippen LogP contribution in [-0.4, -0.2) is 45.3 Å².